The van der Waals surface area contributed by atoms with Gasteiger partial charge in [-0.15, -0.1) is 0 Å². The maximum atomic E-state index is 12.4. The molecule has 0 aliphatic rings. The quantitative estimate of drug-likeness (QED) is 0.102. The van der Waals surface area contributed by atoms with E-state index < -0.39 is 22.5 Å². The van der Waals surface area contributed by atoms with E-state index in [0.717, 1.165) is 12.3 Å². The van der Waals surface area contributed by atoms with Crippen molar-refractivity contribution in [2.24, 2.45) is 5.10 Å². The molecule has 0 fully saturated rings. The van der Waals surface area contributed by atoms with Crippen molar-refractivity contribution in [1.82, 2.24) is 5.43 Å². The molecule has 0 heterocycles. The number of ether oxygens (including phenoxy) is 2. The molecule has 3 aromatic carbocycles. The van der Waals surface area contributed by atoms with Crippen molar-refractivity contribution in [3.63, 3.8) is 0 Å². The number of hydrogen-bond donors (Lipinski definition) is 2. The van der Waals surface area contributed by atoms with E-state index in [1.54, 1.807) is 43.3 Å². The van der Waals surface area contributed by atoms with Crippen molar-refractivity contribution in [2.45, 2.75) is 13.3 Å². The highest BCUT2D eigenvalue weighted by atomic mass is 16.6. The van der Waals surface area contributed by atoms with Gasteiger partial charge in [-0.2, -0.15) is 5.10 Å². The van der Waals surface area contributed by atoms with Crippen LogP contribution in [0.15, 0.2) is 77.9 Å². The molecule has 0 unspecified atom stereocenters. The van der Waals surface area contributed by atoms with Gasteiger partial charge >= 0.3 is 11.7 Å². The molecule has 11 nitrogen and oxygen atoms in total. The van der Waals surface area contributed by atoms with E-state index in [1.165, 1.54) is 43.5 Å². The number of methoxy groups -OCH3 is 1. The first-order chi connectivity index (χ1) is 18.3. The lowest BCUT2D eigenvalue weighted by atomic mass is 10.2. The second kappa shape index (κ2) is 13.1. The van der Waals surface area contributed by atoms with Gasteiger partial charge in [-0.25, -0.2) is 10.2 Å². The van der Waals surface area contributed by atoms with Crippen molar-refractivity contribution in [2.75, 3.05) is 12.4 Å². The minimum atomic E-state index is -0.843. The third-order valence-corrected chi connectivity index (χ3v) is 5.07. The van der Waals surface area contributed by atoms with E-state index in [2.05, 4.69) is 15.8 Å². The van der Waals surface area contributed by atoms with E-state index in [4.69, 9.17) is 9.47 Å². The fourth-order valence-corrected chi connectivity index (χ4v) is 3.09. The van der Waals surface area contributed by atoms with Crippen LogP contribution in [0.5, 0.6) is 11.5 Å². The van der Waals surface area contributed by atoms with Crippen LogP contribution < -0.4 is 20.2 Å². The van der Waals surface area contributed by atoms with Gasteiger partial charge in [0.15, 0.2) is 0 Å². The fraction of sp³-hybridized carbons (Fsp3) is 0.111. The molecule has 0 saturated carbocycles. The summed E-state index contributed by atoms with van der Waals surface area (Å²) >= 11 is 0. The number of nitrogens with one attached hydrogen (secondary N) is 2. The zero-order valence-electron chi connectivity index (χ0n) is 20.5. The molecule has 3 rings (SSSR count). The van der Waals surface area contributed by atoms with Crippen molar-refractivity contribution in [1.29, 1.82) is 0 Å². The number of hydrogen-bond acceptors (Lipinski definition) is 8. The van der Waals surface area contributed by atoms with E-state index >= 15 is 0 Å². The molecule has 0 atom stereocenters. The summed E-state index contributed by atoms with van der Waals surface area (Å²) in [4.78, 5) is 47.1. The second-order valence-electron chi connectivity index (χ2n) is 7.66. The lowest BCUT2D eigenvalue weighted by Crippen LogP contribution is -2.18. The van der Waals surface area contributed by atoms with Crippen LogP contribution in [0.25, 0.3) is 6.08 Å². The number of amides is 2. The summed E-state index contributed by atoms with van der Waals surface area (Å²) in [5.41, 5.74) is 3.47. The summed E-state index contributed by atoms with van der Waals surface area (Å²) in [6.45, 7) is 1.72. The zero-order chi connectivity index (χ0) is 27.5. The van der Waals surface area contributed by atoms with Crippen LogP contribution in [-0.4, -0.2) is 36.0 Å². The van der Waals surface area contributed by atoms with Gasteiger partial charge in [0.2, 0.25) is 11.7 Å². The number of benzene rings is 3. The Morgan fingerprint density at radius 3 is 2.37 bits per heavy atom. The number of anilines is 1. The van der Waals surface area contributed by atoms with Crippen LogP contribution in [0.3, 0.4) is 0 Å². The molecule has 3 aromatic rings. The number of para-hydroxylation sites is 1. The van der Waals surface area contributed by atoms with Crippen molar-refractivity contribution < 1.29 is 28.8 Å². The minimum Gasteiger partial charge on any atom is -0.497 e. The Balaban J connectivity index is 1.71. The number of esters is 1. The van der Waals surface area contributed by atoms with Crippen molar-refractivity contribution in [3.05, 3.63) is 99.6 Å². The zero-order valence-corrected chi connectivity index (χ0v) is 20.5. The Morgan fingerprint density at radius 2 is 1.74 bits per heavy atom. The Labute approximate surface area is 217 Å². The monoisotopic (exact) mass is 516 g/mol. The first-order valence-electron chi connectivity index (χ1n) is 11.4. The molecule has 0 aliphatic heterocycles. The highest BCUT2D eigenvalue weighted by Crippen LogP contribution is 2.30. The summed E-state index contributed by atoms with van der Waals surface area (Å²) in [7, 11) is 1.54. The molecule has 194 valence electrons. The Bertz CT molecular complexity index is 1380. The number of carbonyl (C=O) groups excluding carboxylic acids is 3. The standard InChI is InChI=1S/C27H24N4O7/c1-3-24(32)29-21-12-10-19(11-13-21)27(34)30-28-17-20-5-4-6-23(31(35)36)26(20)38-25(33)16-9-18-7-14-22(37-2)15-8-18/h4-17H,3H2,1-2H3,(H,29,32)(H,30,34)/b16-9+,28-17+. The molecule has 2 amide bonds. The molecule has 0 bridgehead atoms. The first-order valence-corrected chi connectivity index (χ1v) is 11.4. The molecule has 38 heavy (non-hydrogen) atoms. The highest BCUT2D eigenvalue weighted by molar-refractivity contribution is 5.97. The van der Waals surface area contributed by atoms with Crippen molar-refractivity contribution in [3.8, 4) is 11.5 Å². The predicted octanol–water partition coefficient (Wildman–Crippen LogP) is 4.33. The van der Waals surface area contributed by atoms with Gasteiger partial charge in [0.05, 0.1) is 18.2 Å². The third kappa shape index (κ3) is 7.59. The summed E-state index contributed by atoms with van der Waals surface area (Å²) < 4.78 is 10.4. The molecule has 0 radical (unpaired) electrons. The average molecular weight is 517 g/mol. The van der Waals surface area contributed by atoms with Gasteiger partial charge in [-0.05, 0) is 54.1 Å². The largest absolute Gasteiger partial charge is 0.497 e. The summed E-state index contributed by atoms with van der Waals surface area (Å²) in [6.07, 6.45) is 4.08. The molecule has 0 aliphatic carbocycles. The normalized spacial score (nSPS) is 10.8. The molecular formula is C27H24N4O7. The Kier molecular flexibility index (Phi) is 9.41. The molecule has 0 spiro atoms. The molecule has 2 N–H and O–H groups in total. The predicted molar refractivity (Wildman–Crippen MR) is 141 cm³/mol. The maximum absolute atomic E-state index is 12.4. The van der Waals surface area contributed by atoms with Gasteiger partial charge in [0.25, 0.3) is 5.91 Å². The highest BCUT2D eigenvalue weighted by Gasteiger charge is 2.20. The van der Waals surface area contributed by atoms with Gasteiger partial charge in [-0.3, -0.25) is 19.7 Å². The number of nitro benzene ring substituents is 1. The molecular weight excluding hydrogens is 492 g/mol. The van der Waals surface area contributed by atoms with Crippen LogP contribution >= 0.6 is 0 Å². The second-order valence-corrected chi connectivity index (χ2v) is 7.66. The van der Waals surface area contributed by atoms with Crippen LogP contribution in [0.2, 0.25) is 0 Å². The van der Waals surface area contributed by atoms with E-state index in [9.17, 15) is 24.5 Å². The van der Waals surface area contributed by atoms with Gasteiger partial charge in [-0.1, -0.05) is 25.1 Å². The van der Waals surface area contributed by atoms with E-state index in [1.807, 2.05) is 0 Å². The third-order valence-electron chi connectivity index (χ3n) is 5.07. The summed E-state index contributed by atoms with van der Waals surface area (Å²) in [5, 5.41) is 18.0. The lowest BCUT2D eigenvalue weighted by molar-refractivity contribution is -0.385. The summed E-state index contributed by atoms with van der Waals surface area (Å²) in [6, 6.07) is 17.1. The van der Waals surface area contributed by atoms with E-state index in [0.29, 0.717) is 23.4 Å². The van der Waals surface area contributed by atoms with E-state index in [-0.39, 0.29) is 22.8 Å². The van der Waals surface area contributed by atoms with Crippen LogP contribution in [0.1, 0.15) is 34.8 Å². The number of rotatable bonds is 10. The first kappa shape index (κ1) is 27.3. The van der Waals surface area contributed by atoms with Crippen LogP contribution in [0.4, 0.5) is 11.4 Å². The summed E-state index contributed by atoms with van der Waals surface area (Å²) in [5.74, 6) is -1.23. The fourth-order valence-electron chi connectivity index (χ4n) is 3.09. The van der Waals surface area contributed by atoms with Gasteiger partial charge in [0.1, 0.15) is 5.75 Å². The Hall–Kier alpha value is -5.32. The number of hydrazone groups is 1. The topological polar surface area (TPSA) is 149 Å². The van der Waals surface area contributed by atoms with Crippen molar-refractivity contribution >= 4 is 41.4 Å². The smallest absolute Gasteiger partial charge is 0.336 e. The number of carbonyl (C=O) groups is 3. The molecule has 11 heteroatoms. The van der Waals surface area contributed by atoms with Crippen LogP contribution in [0, 0.1) is 10.1 Å². The van der Waals surface area contributed by atoms with Crippen LogP contribution in [-0.2, 0) is 9.59 Å². The maximum Gasteiger partial charge on any atom is 0.336 e. The number of nitro groups is 1. The van der Waals surface area contributed by atoms with Gasteiger partial charge < -0.3 is 14.8 Å². The molecule has 0 aromatic heterocycles. The SMILES string of the molecule is CCC(=O)Nc1ccc(C(=O)N/N=C/c2cccc([N+](=O)[O-])c2OC(=O)/C=C/c2ccc(OC)cc2)cc1. The number of nitrogens with zero attached hydrogens (tertiary/aromatic N) is 2. The average Bonchev–Trinajstić information content (AvgIpc) is 2.93. The minimum absolute atomic E-state index is 0.100. The Morgan fingerprint density at radius 1 is 1.03 bits per heavy atom. The van der Waals surface area contributed by atoms with Gasteiger partial charge in [0, 0.05) is 35.4 Å². The molecule has 0 saturated heterocycles. The lowest BCUT2D eigenvalue weighted by Gasteiger charge is -2.07.